The third-order valence-electron chi connectivity index (χ3n) is 17.4. The third kappa shape index (κ3) is 22.8. The number of carbonyl (C=O) groups is 3. The number of pyridine rings is 1. The molecule has 2 fully saturated rings. The van der Waals surface area contributed by atoms with Crippen molar-refractivity contribution in [2.75, 3.05) is 53.4 Å². The second-order valence-electron chi connectivity index (χ2n) is 25.4. The van der Waals surface area contributed by atoms with Crippen molar-refractivity contribution >= 4 is 28.9 Å². The number of likely N-dealkylation sites (tertiary alicyclic amines) is 1. The Morgan fingerprint density at radius 3 is 2.14 bits per heavy atom. The fourth-order valence-electron chi connectivity index (χ4n) is 11.5. The molecule has 1 aliphatic carbocycles. The van der Waals surface area contributed by atoms with Crippen molar-refractivity contribution in [3.63, 3.8) is 0 Å². The maximum Gasteiger partial charge on any atom is 0.302 e. The van der Waals surface area contributed by atoms with Crippen molar-refractivity contribution < 1.29 is 19.1 Å². The number of aldehydes is 1. The Morgan fingerprint density at radius 1 is 0.877 bits per heavy atom. The number of benzene rings is 2. The summed E-state index contributed by atoms with van der Waals surface area (Å²) >= 11 is 0. The Balaban J connectivity index is 0.000000360. The number of aromatic nitrogens is 2. The van der Waals surface area contributed by atoms with Gasteiger partial charge in [-0.1, -0.05) is 145 Å². The summed E-state index contributed by atoms with van der Waals surface area (Å²) in [4.78, 5) is 44.7. The number of nitrogens with zero attached hydrogens (tertiary/aromatic N) is 4. The molecule has 2 N–H and O–H groups in total. The summed E-state index contributed by atoms with van der Waals surface area (Å²) in [5.74, 6) is 5.22. The highest BCUT2D eigenvalue weighted by Crippen LogP contribution is 2.43. The Hall–Kier alpha value is -4.64. The fraction of sp³-hybridized carbons (Fsp3) is 0.662. The highest BCUT2D eigenvalue weighted by atomic mass is 16.5. The summed E-state index contributed by atoms with van der Waals surface area (Å²) in [6.45, 7) is 43.2. The SMILES string of the molecule is CC/C=C(/C)N(CC)CC1CCN(C(C=O)C(C)C)C1.CCC(C)C(C)C1CC1.CCC(C)CCCCNC.CCn1c(-c2cccnc2C(C)C)c(CC(C)(C)COC(C)=O)c2cc(-c3cccc(CC(NC)C(C)=O)c3)ccc21. The molecule has 3 heterocycles. The monoisotopic (exact) mass is 1120 g/mol. The van der Waals surface area contributed by atoms with Gasteiger partial charge in [0.1, 0.15) is 12.1 Å². The topological polar surface area (TPSA) is 109 Å². The molecule has 10 heteroatoms. The second-order valence-corrected chi connectivity index (χ2v) is 25.4. The lowest BCUT2D eigenvalue weighted by atomic mass is 9.84. The average molecular weight is 1120 g/mol. The number of carbonyl (C=O) groups excluding carboxylic acids is 3. The van der Waals surface area contributed by atoms with E-state index >= 15 is 0 Å². The molecule has 2 aliphatic rings. The summed E-state index contributed by atoms with van der Waals surface area (Å²) in [7, 11) is 3.85. The van der Waals surface area contributed by atoms with Crippen LogP contribution in [0.15, 0.2) is 72.6 Å². The highest BCUT2D eigenvalue weighted by molar-refractivity contribution is 5.95. The smallest absolute Gasteiger partial charge is 0.302 e. The van der Waals surface area contributed by atoms with Crippen molar-refractivity contribution in [1.29, 1.82) is 0 Å². The van der Waals surface area contributed by atoms with E-state index < -0.39 is 0 Å². The van der Waals surface area contributed by atoms with Crippen molar-refractivity contribution in [2.24, 2.45) is 40.9 Å². The molecule has 10 nitrogen and oxygen atoms in total. The van der Waals surface area contributed by atoms with Crippen LogP contribution in [0.1, 0.15) is 198 Å². The van der Waals surface area contributed by atoms with Crippen molar-refractivity contribution in [1.82, 2.24) is 30.0 Å². The van der Waals surface area contributed by atoms with Crippen LogP contribution >= 0.6 is 0 Å². The second kappa shape index (κ2) is 36.2. The number of esters is 1. The number of Topliss-reactive ketones (excluding diaryl/α,β-unsaturated/α-hetero) is 1. The van der Waals surface area contributed by atoms with E-state index in [1.807, 2.05) is 26.4 Å². The lowest BCUT2D eigenvalue weighted by Gasteiger charge is -2.29. The van der Waals surface area contributed by atoms with E-state index in [-0.39, 0.29) is 35.2 Å². The van der Waals surface area contributed by atoms with Crippen molar-refractivity contribution in [2.45, 2.75) is 213 Å². The number of fused-ring (bicyclic) bond motifs is 1. The standard InChI is InChI=1S/C36H45N3O3.C17H32N2O.C9H21N.C9H18/c1-9-39-33-16-15-28(27-13-10-12-26(18-27)19-32(37-8)24(4)40)20-30(33)31(21-36(6,7)22-42-25(5)41)35(39)29-14-11-17-38-34(29)23(2)3;1-6-8-15(5)18(7-2)11-16-9-10-19(12-16)17(13-20)14(3)4;1-4-9(2)7-5-6-8-10-3;1-4-7(2)8(3)9-5-6-9/h10-18,20,23,32,37H,9,19,21-22H2,1-8H3;8,13-14,16-17H,6-7,9-12H2,1-5H3;9-10H,4-8H2,1-3H3;7-9H,4-6H2,1-3H3/b;15-8-;;. The van der Waals surface area contributed by atoms with Gasteiger partial charge in [-0.3, -0.25) is 19.5 Å². The molecule has 2 aromatic heterocycles. The van der Waals surface area contributed by atoms with Crippen LogP contribution < -0.4 is 10.6 Å². The quantitative estimate of drug-likeness (QED) is 0.0312. The Morgan fingerprint density at radius 2 is 1.58 bits per heavy atom. The molecular formula is C71H116N6O4. The highest BCUT2D eigenvalue weighted by Gasteiger charge is 2.32. The minimum Gasteiger partial charge on any atom is -0.465 e. The van der Waals surface area contributed by atoms with Crippen LogP contribution in [-0.4, -0.2) is 103 Å². The molecular weight excluding hydrogens is 1000 g/mol. The summed E-state index contributed by atoms with van der Waals surface area (Å²) in [6, 6.07) is 19.3. The van der Waals surface area contributed by atoms with Gasteiger partial charge in [-0.2, -0.15) is 0 Å². The lowest BCUT2D eigenvalue weighted by Crippen LogP contribution is -2.39. The largest absolute Gasteiger partial charge is 0.465 e. The number of ketones is 1. The maximum atomic E-state index is 12.1. The number of rotatable bonds is 29. The number of likely N-dealkylation sites (N-methyl/N-ethyl adjacent to an activating group) is 1. The van der Waals surface area contributed by atoms with E-state index in [0.717, 1.165) is 103 Å². The summed E-state index contributed by atoms with van der Waals surface area (Å²) in [5, 5.41) is 7.49. The number of allylic oxidation sites excluding steroid dienone is 2. The van der Waals surface area contributed by atoms with E-state index in [4.69, 9.17) is 9.72 Å². The minimum absolute atomic E-state index is 0.0994. The molecule has 454 valence electrons. The first kappa shape index (κ1) is 70.6. The summed E-state index contributed by atoms with van der Waals surface area (Å²) in [5.41, 5.74) is 10.3. The minimum atomic E-state index is -0.280. The zero-order valence-corrected chi connectivity index (χ0v) is 54.8. The van der Waals surface area contributed by atoms with Crippen LogP contribution in [0.2, 0.25) is 0 Å². The first-order valence-electron chi connectivity index (χ1n) is 31.8. The number of hydrogen-bond donors (Lipinski definition) is 2. The van der Waals surface area contributed by atoms with Crippen LogP contribution in [0.5, 0.6) is 0 Å². The van der Waals surface area contributed by atoms with Crippen molar-refractivity contribution in [3.05, 3.63) is 89.4 Å². The van der Waals surface area contributed by atoms with E-state index in [2.05, 4.69) is 183 Å². The van der Waals surface area contributed by atoms with Gasteiger partial charge >= 0.3 is 5.97 Å². The molecule has 2 aromatic carbocycles. The molecule has 1 saturated heterocycles. The van der Waals surface area contributed by atoms with Gasteiger partial charge < -0.3 is 29.6 Å². The fourth-order valence-corrected chi connectivity index (χ4v) is 11.5. The predicted octanol–water partition coefficient (Wildman–Crippen LogP) is 16.0. The number of nitrogens with one attached hydrogen (secondary N) is 2. The number of unbranched alkanes of at least 4 members (excludes halogenated alkanes) is 1. The molecule has 6 atom stereocenters. The average Bonchev–Trinajstić information content (AvgIpc) is 4.33. The normalized spacial score (nSPS) is 16.6. The molecule has 0 amide bonds. The molecule has 81 heavy (non-hydrogen) atoms. The van der Waals surface area contributed by atoms with Gasteiger partial charge in [-0.05, 0) is 188 Å². The van der Waals surface area contributed by atoms with Crippen LogP contribution in [0.3, 0.4) is 0 Å². The zero-order chi connectivity index (χ0) is 60.4. The van der Waals surface area contributed by atoms with Gasteiger partial charge in [0.15, 0.2) is 0 Å². The first-order chi connectivity index (χ1) is 38.5. The van der Waals surface area contributed by atoms with Crippen molar-refractivity contribution in [3.8, 4) is 22.4 Å². The molecule has 1 aliphatic heterocycles. The Labute approximate surface area is 494 Å². The molecule has 0 spiro atoms. The maximum absolute atomic E-state index is 12.1. The molecule has 6 rings (SSSR count). The van der Waals surface area contributed by atoms with Gasteiger partial charge in [0.2, 0.25) is 0 Å². The van der Waals surface area contributed by atoms with E-state index in [1.165, 1.54) is 92.7 Å². The molecule has 1 saturated carbocycles. The van der Waals surface area contributed by atoms with Gasteiger partial charge in [0.25, 0.3) is 0 Å². The van der Waals surface area contributed by atoms with Crippen LogP contribution in [0.4, 0.5) is 0 Å². The molecule has 0 radical (unpaired) electrons. The summed E-state index contributed by atoms with van der Waals surface area (Å²) < 4.78 is 7.91. The Bertz CT molecular complexity index is 2500. The van der Waals surface area contributed by atoms with Gasteiger partial charge in [0, 0.05) is 66.9 Å². The van der Waals surface area contributed by atoms with E-state index in [1.54, 1.807) is 6.92 Å². The van der Waals surface area contributed by atoms with Crippen LogP contribution in [-0.2, 0) is 38.5 Å². The first-order valence-corrected chi connectivity index (χ1v) is 31.8. The van der Waals surface area contributed by atoms with Crippen LogP contribution in [0.25, 0.3) is 33.3 Å². The van der Waals surface area contributed by atoms with Crippen LogP contribution in [0, 0.1) is 40.9 Å². The van der Waals surface area contributed by atoms with E-state index in [0.29, 0.717) is 24.9 Å². The summed E-state index contributed by atoms with van der Waals surface area (Å²) in [6.07, 6.45) is 18.8. The third-order valence-corrected chi connectivity index (χ3v) is 17.4. The zero-order valence-electron chi connectivity index (χ0n) is 54.8. The molecule has 6 unspecified atom stereocenters. The number of ether oxygens (including phenoxy) is 1. The number of aryl methyl sites for hydroxylation is 1. The Kier molecular flexibility index (Phi) is 31.5. The van der Waals surface area contributed by atoms with E-state index in [9.17, 15) is 14.4 Å². The molecule has 0 bridgehead atoms. The molecule has 4 aromatic rings. The van der Waals surface area contributed by atoms with Gasteiger partial charge in [-0.15, -0.1) is 0 Å². The van der Waals surface area contributed by atoms with Gasteiger partial charge in [0.05, 0.1) is 30.1 Å². The van der Waals surface area contributed by atoms with Gasteiger partial charge in [-0.25, -0.2) is 0 Å². The number of hydrogen-bond acceptors (Lipinski definition) is 9. The predicted molar refractivity (Wildman–Crippen MR) is 346 cm³/mol. The lowest BCUT2D eigenvalue weighted by molar-refractivity contribution is -0.144.